The van der Waals surface area contributed by atoms with Crippen molar-refractivity contribution in [3.63, 3.8) is 0 Å². The molecular formula is C27H38ClN. The summed E-state index contributed by atoms with van der Waals surface area (Å²) < 4.78 is 0. The highest BCUT2D eigenvalue weighted by Crippen LogP contribution is 2.38. The van der Waals surface area contributed by atoms with Crippen molar-refractivity contribution in [1.82, 2.24) is 4.90 Å². The maximum absolute atomic E-state index is 6.51. The van der Waals surface area contributed by atoms with E-state index in [9.17, 15) is 0 Å². The van der Waals surface area contributed by atoms with Gasteiger partial charge in [0.25, 0.3) is 0 Å². The van der Waals surface area contributed by atoms with Gasteiger partial charge >= 0.3 is 0 Å². The highest BCUT2D eigenvalue weighted by Gasteiger charge is 2.26. The minimum Gasteiger partial charge on any atom is -0.300 e. The highest BCUT2D eigenvalue weighted by molar-refractivity contribution is 6.21. The van der Waals surface area contributed by atoms with E-state index in [0.717, 1.165) is 13.0 Å². The third-order valence-corrected chi connectivity index (χ3v) is 7.16. The van der Waals surface area contributed by atoms with Gasteiger partial charge in [0.05, 0.1) is 0 Å². The zero-order valence-corrected chi connectivity index (χ0v) is 19.1. The minimum atomic E-state index is 0.331. The summed E-state index contributed by atoms with van der Waals surface area (Å²) in [5.74, 6) is 0.562. The molecule has 1 aliphatic carbocycles. The number of alkyl halides is 1. The van der Waals surface area contributed by atoms with E-state index in [-0.39, 0.29) is 0 Å². The molecule has 1 aliphatic rings. The van der Waals surface area contributed by atoms with Crippen molar-refractivity contribution in [3.8, 4) is 0 Å². The molecule has 1 fully saturated rings. The van der Waals surface area contributed by atoms with Gasteiger partial charge < -0.3 is 4.90 Å². The van der Waals surface area contributed by atoms with Crippen molar-refractivity contribution < 1.29 is 0 Å². The summed E-state index contributed by atoms with van der Waals surface area (Å²) in [7, 11) is 0. The Bertz CT molecular complexity index is 696. The standard InChI is InChI=1S/C27H38ClN/c1-3-20-29(21-19-22-9-6-5-7-10-22)25(4-2)18-15-23-13-16-24(17-14-23)26-11-8-12-27(26)28/h5-7,9-10,13-14,16-17,25-27H,3-4,8,11-12,15,18-21H2,1-2H3. The van der Waals surface area contributed by atoms with Gasteiger partial charge in [-0.1, -0.05) is 74.9 Å². The van der Waals surface area contributed by atoms with Crippen LogP contribution in [-0.2, 0) is 12.8 Å². The summed E-state index contributed by atoms with van der Waals surface area (Å²) in [6.45, 7) is 7.00. The van der Waals surface area contributed by atoms with Gasteiger partial charge in [-0.2, -0.15) is 0 Å². The molecule has 0 radical (unpaired) electrons. The Labute approximate surface area is 183 Å². The van der Waals surface area contributed by atoms with Crippen molar-refractivity contribution in [2.24, 2.45) is 0 Å². The monoisotopic (exact) mass is 411 g/mol. The molecule has 2 aromatic carbocycles. The molecule has 0 amide bonds. The molecule has 2 heteroatoms. The van der Waals surface area contributed by atoms with Crippen LogP contribution in [-0.4, -0.2) is 29.4 Å². The second kappa shape index (κ2) is 11.8. The molecule has 3 unspecified atom stereocenters. The minimum absolute atomic E-state index is 0.331. The Hall–Kier alpha value is -1.31. The fraction of sp³-hybridized carbons (Fsp3) is 0.556. The predicted molar refractivity (Wildman–Crippen MR) is 127 cm³/mol. The number of hydrogen-bond donors (Lipinski definition) is 0. The van der Waals surface area contributed by atoms with E-state index >= 15 is 0 Å². The molecule has 158 valence electrons. The first-order valence-electron chi connectivity index (χ1n) is 11.7. The first kappa shape index (κ1) is 22.4. The maximum atomic E-state index is 6.51. The van der Waals surface area contributed by atoms with Crippen molar-refractivity contribution in [3.05, 3.63) is 71.3 Å². The number of hydrogen-bond acceptors (Lipinski definition) is 1. The normalized spacial score (nSPS) is 20.3. The van der Waals surface area contributed by atoms with Crippen LogP contribution in [0.2, 0.25) is 0 Å². The average molecular weight is 412 g/mol. The van der Waals surface area contributed by atoms with Gasteiger partial charge in [0.2, 0.25) is 0 Å². The molecule has 0 bridgehead atoms. The van der Waals surface area contributed by atoms with E-state index in [1.807, 2.05) is 0 Å². The Kier molecular flexibility index (Phi) is 9.08. The number of halogens is 1. The molecule has 0 aliphatic heterocycles. The summed E-state index contributed by atoms with van der Waals surface area (Å²) in [4.78, 5) is 2.72. The lowest BCUT2D eigenvalue weighted by Crippen LogP contribution is -2.37. The Morgan fingerprint density at radius 1 is 0.897 bits per heavy atom. The molecular weight excluding hydrogens is 374 g/mol. The number of aryl methyl sites for hydroxylation is 1. The molecule has 3 atom stereocenters. The topological polar surface area (TPSA) is 3.24 Å². The summed E-state index contributed by atoms with van der Waals surface area (Å²) >= 11 is 6.51. The van der Waals surface area contributed by atoms with Crippen LogP contribution in [0.15, 0.2) is 54.6 Å². The van der Waals surface area contributed by atoms with Gasteiger partial charge in [-0.3, -0.25) is 0 Å². The van der Waals surface area contributed by atoms with Gasteiger partial charge in [0.1, 0.15) is 0 Å². The van der Waals surface area contributed by atoms with Crippen molar-refractivity contribution in [2.75, 3.05) is 13.1 Å². The highest BCUT2D eigenvalue weighted by atomic mass is 35.5. The lowest BCUT2D eigenvalue weighted by Gasteiger charge is -2.31. The van der Waals surface area contributed by atoms with Crippen molar-refractivity contribution in [1.29, 1.82) is 0 Å². The van der Waals surface area contributed by atoms with Crippen LogP contribution in [0, 0.1) is 0 Å². The SMILES string of the molecule is CCCN(CCc1ccccc1)C(CC)CCc1ccc(C2CCCC2Cl)cc1. The van der Waals surface area contributed by atoms with E-state index in [1.54, 1.807) is 0 Å². The fourth-order valence-corrected chi connectivity index (χ4v) is 5.31. The fourth-order valence-electron chi connectivity index (χ4n) is 4.88. The summed E-state index contributed by atoms with van der Waals surface area (Å²) in [5, 5.41) is 0.331. The van der Waals surface area contributed by atoms with E-state index in [0.29, 0.717) is 17.3 Å². The second-order valence-corrected chi connectivity index (χ2v) is 9.23. The number of benzene rings is 2. The molecule has 1 saturated carbocycles. The van der Waals surface area contributed by atoms with Gasteiger partial charge in [0, 0.05) is 23.9 Å². The summed E-state index contributed by atoms with van der Waals surface area (Å²) in [6, 6.07) is 20.9. The van der Waals surface area contributed by atoms with Crippen LogP contribution in [0.5, 0.6) is 0 Å². The van der Waals surface area contributed by atoms with E-state index in [4.69, 9.17) is 11.6 Å². The smallest absolute Gasteiger partial charge is 0.0404 e. The first-order valence-corrected chi connectivity index (χ1v) is 12.2. The molecule has 0 N–H and O–H groups in total. The quantitative estimate of drug-likeness (QED) is 0.352. The Morgan fingerprint density at radius 3 is 2.24 bits per heavy atom. The summed E-state index contributed by atoms with van der Waals surface area (Å²) in [6.07, 6.45) is 9.69. The number of rotatable bonds is 11. The van der Waals surface area contributed by atoms with Crippen LogP contribution in [0.4, 0.5) is 0 Å². The lowest BCUT2D eigenvalue weighted by atomic mass is 9.94. The van der Waals surface area contributed by atoms with Crippen molar-refractivity contribution in [2.45, 2.75) is 82.6 Å². The van der Waals surface area contributed by atoms with Gasteiger partial charge in [-0.15, -0.1) is 11.6 Å². The van der Waals surface area contributed by atoms with Crippen LogP contribution in [0.25, 0.3) is 0 Å². The largest absolute Gasteiger partial charge is 0.300 e. The van der Waals surface area contributed by atoms with Crippen LogP contribution >= 0.6 is 11.6 Å². The number of nitrogens with zero attached hydrogens (tertiary/aromatic N) is 1. The van der Waals surface area contributed by atoms with E-state index in [1.165, 1.54) is 68.2 Å². The zero-order chi connectivity index (χ0) is 20.5. The summed E-state index contributed by atoms with van der Waals surface area (Å²) in [5.41, 5.74) is 4.35. The van der Waals surface area contributed by atoms with Crippen LogP contribution < -0.4 is 0 Å². The lowest BCUT2D eigenvalue weighted by molar-refractivity contribution is 0.183. The molecule has 0 spiro atoms. The molecule has 0 aromatic heterocycles. The molecule has 2 aromatic rings. The van der Waals surface area contributed by atoms with Gasteiger partial charge in [-0.25, -0.2) is 0 Å². The average Bonchev–Trinajstić information content (AvgIpc) is 3.19. The second-order valence-electron chi connectivity index (χ2n) is 8.67. The molecule has 29 heavy (non-hydrogen) atoms. The first-order chi connectivity index (χ1) is 14.2. The third kappa shape index (κ3) is 6.59. The van der Waals surface area contributed by atoms with Gasteiger partial charge in [-0.05, 0) is 68.2 Å². The van der Waals surface area contributed by atoms with Crippen LogP contribution in [0.1, 0.15) is 75.0 Å². The molecule has 0 saturated heterocycles. The molecule has 0 heterocycles. The van der Waals surface area contributed by atoms with Crippen molar-refractivity contribution >= 4 is 11.6 Å². The maximum Gasteiger partial charge on any atom is 0.0404 e. The van der Waals surface area contributed by atoms with Crippen LogP contribution in [0.3, 0.4) is 0 Å². The predicted octanol–water partition coefficient (Wildman–Crippen LogP) is 7.23. The van der Waals surface area contributed by atoms with Gasteiger partial charge in [0.15, 0.2) is 0 Å². The molecule has 3 rings (SSSR count). The van der Waals surface area contributed by atoms with E-state index < -0.39 is 0 Å². The third-order valence-electron chi connectivity index (χ3n) is 6.63. The zero-order valence-electron chi connectivity index (χ0n) is 18.3. The Morgan fingerprint density at radius 2 is 1.62 bits per heavy atom. The van der Waals surface area contributed by atoms with E-state index in [2.05, 4.69) is 73.3 Å². The molecule has 1 nitrogen and oxygen atoms in total. The Balaban J connectivity index is 1.54.